The van der Waals surface area contributed by atoms with Crippen molar-refractivity contribution in [2.45, 2.75) is 53.1 Å². The van der Waals surface area contributed by atoms with E-state index in [9.17, 15) is 0 Å². The molecule has 0 saturated heterocycles. The first kappa shape index (κ1) is 13.2. The zero-order valence-corrected chi connectivity index (χ0v) is 10.9. The van der Waals surface area contributed by atoms with Crippen LogP contribution < -0.4 is 5.32 Å². The molecular formula is C13H25N3. The standard InChI is InChI=1S/C13H25N3/c1-4-7-14-8-13-9-15-16(11-13)10-12(5-2)6-3/h9,11-12,14H,4-8,10H2,1-3H3. The molecule has 1 aromatic rings. The molecule has 16 heavy (non-hydrogen) atoms. The van der Waals surface area contributed by atoms with Gasteiger partial charge in [-0.15, -0.1) is 0 Å². The maximum absolute atomic E-state index is 4.41. The van der Waals surface area contributed by atoms with Gasteiger partial charge in [0.15, 0.2) is 0 Å². The molecule has 0 amide bonds. The molecule has 0 saturated carbocycles. The second-order valence-corrected chi connectivity index (χ2v) is 4.43. The van der Waals surface area contributed by atoms with Crippen molar-refractivity contribution in [3.8, 4) is 0 Å². The Bertz CT molecular complexity index is 276. The molecule has 3 heteroatoms. The van der Waals surface area contributed by atoms with Gasteiger partial charge in [-0.2, -0.15) is 5.10 Å². The van der Waals surface area contributed by atoms with Gasteiger partial charge in [-0.1, -0.05) is 33.6 Å². The first-order chi connectivity index (χ1) is 7.80. The summed E-state index contributed by atoms with van der Waals surface area (Å²) >= 11 is 0. The molecule has 0 radical (unpaired) electrons. The number of hydrogen-bond acceptors (Lipinski definition) is 2. The Morgan fingerprint density at radius 3 is 2.69 bits per heavy atom. The van der Waals surface area contributed by atoms with Crippen LogP contribution >= 0.6 is 0 Å². The van der Waals surface area contributed by atoms with E-state index in [4.69, 9.17) is 0 Å². The average molecular weight is 223 g/mol. The third-order valence-electron chi connectivity index (χ3n) is 3.04. The summed E-state index contributed by atoms with van der Waals surface area (Å²) in [6.07, 6.45) is 7.80. The molecule has 1 rings (SSSR count). The van der Waals surface area contributed by atoms with Gasteiger partial charge in [0.05, 0.1) is 6.20 Å². The van der Waals surface area contributed by atoms with Crippen molar-refractivity contribution in [2.24, 2.45) is 5.92 Å². The van der Waals surface area contributed by atoms with Crippen LogP contribution in [0.2, 0.25) is 0 Å². The lowest BCUT2D eigenvalue weighted by Crippen LogP contribution is -2.13. The second-order valence-electron chi connectivity index (χ2n) is 4.43. The molecule has 0 aliphatic carbocycles. The zero-order valence-electron chi connectivity index (χ0n) is 10.9. The summed E-state index contributed by atoms with van der Waals surface area (Å²) in [4.78, 5) is 0. The number of hydrogen-bond donors (Lipinski definition) is 1. The van der Waals surface area contributed by atoms with Gasteiger partial charge < -0.3 is 5.32 Å². The molecule has 0 bridgehead atoms. The van der Waals surface area contributed by atoms with Crippen LogP contribution in [0.5, 0.6) is 0 Å². The fourth-order valence-electron chi connectivity index (χ4n) is 1.82. The average Bonchev–Trinajstić information content (AvgIpc) is 2.74. The van der Waals surface area contributed by atoms with Crippen molar-refractivity contribution in [1.29, 1.82) is 0 Å². The summed E-state index contributed by atoms with van der Waals surface area (Å²) < 4.78 is 2.08. The lowest BCUT2D eigenvalue weighted by Gasteiger charge is -2.11. The number of rotatable bonds is 8. The summed E-state index contributed by atoms with van der Waals surface area (Å²) in [5.74, 6) is 0.761. The minimum atomic E-state index is 0.761. The monoisotopic (exact) mass is 223 g/mol. The van der Waals surface area contributed by atoms with Crippen molar-refractivity contribution in [3.63, 3.8) is 0 Å². The van der Waals surface area contributed by atoms with Crippen LogP contribution in [-0.4, -0.2) is 16.3 Å². The van der Waals surface area contributed by atoms with Gasteiger partial charge in [0.2, 0.25) is 0 Å². The Hall–Kier alpha value is -0.830. The van der Waals surface area contributed by atoms with Crippen molar-refractivity contribution < 1.29 is 0 Å². The van der Waals surface area contributed by atoms with E-state index < -0.39 is 0 Å². The predicted molar refractivity (Wildman–Crippen MR) is 68.3 cm³/mol. The molecule has 0 atom stereocenters. The molecule has 0 aliphatic rings. The highest BCUT2D eigenvalue weighted by Gasteiger charge is 2.05. The molecular weight excluding hydrogens is 198 g/mol. The van der Waals surface area contributed by atoms with Gasteiger partial charge in [-0.05, 0) is 18.9 Å². The van der Waals surface area contributed by atoms with Crippen LogP contribution in [0.1, 0.15) is 45.6 Å². The number of nitrogens with zero attached hydrogens (tertiary/aromatic N) is 2. The molecule has 92 valence electrons. The molecule has 0 aliphatic heterocycles. The molecule has 1 aromatic heterocycles. The van der Waals surface area contributed by atoms with Crippen LogP contribution in [0.3, 0.4) is 0 Å². The number of aromatic nitrogens is 2. The van der Waals surface area contributed by atoms with E-state index in [-0.39, 0.29) is 0 Å². The van der Waals surface area contributed by atoms with Crippen molar-refractivity contribution in [2.75, 3.05) is 6.54 Å². The lowest BCUT2D eigenvalue weighted by molar-refractivity contribution is 0.395. The largest absolute Gasteiger partial charge is 0.313 e. The van der Waals surface area contributed by atoms with E-state index in [0.29, 0.717) is 0 Å². The highest BCUT2D eigenvalue weighted by Crippen LogP contribution is 2.10. The first-order valence-corrected chi connectivity index (χ1v) is 6.52. The fourth-order valence-corrected chi connectivity index (χ4v) is 1.82. The van der Waals surface area contributed by atoms with Crippen LogP contribution in [0.25, 0.3) is 0 Å². The topological polar surface area (TPSA) is 29.9 Å². The smallest absolute Gasteiger partial charge is 0.0534 e. The van der Waals surface area contributed by atoms with E-state index in [2.05, 4.69) is 42.1 Å². The normalized spacial score (nSPS) is 11.2. The van der Waals surface area contributed by atoms with Gasteiger partial charge in [0.1, 0.15) is 0 Å². The lowest BCUT2D eigenvalue weighted by atomic mass is 10.0. The molecule has 3 nitrogen and oxygen atoms in total. The second kappa shape index (κ2) is 7.44. The van der Waals surface area contributed by atoms with Crippen LogP contribution in [0, 0.1) is 5.92 Å². The Kier molecular flexibility index (Phi) is 6.16. The van der Waals surface area contributed by atoms with E-state index in [1.807, 2.05) is 6.20 Å². The third-order valence-corrected chi connectivity index (χ3v) is 3.04. The summed E-state index contributed by atoms with van der Waals surface area (Å²) in [6, 6.07) is 0. The van der Waals surface area contributed by atoms with E-state index >= 15 is 0 Å². The Balaban J connectivity index is 2.38. The van der Waals surface area contributed by atoms with Gasteiger partial charge in [-0.3, -0.25) is 4.68 Å². The quantitative estimate of drug-likeness (QED) is 0.687. The van der Waals surface area contributed by atoms with Gasteiger partial charge in [0, 0.05) is 24.8 Å². The molecule has 0 spiro atoms. The first-order valence-electron chi connectivity index (χ1n) is 6.52. The van der Waals surface area contributed by atoms with Crippen molar-refractivity contribution in [3.05, 3.63) is 18.0 Å². The van der Waals surface area contributed by atoms with E-state index in [1.165, 1.54) is 24.8 Å². The Morgan fingerprint density at radius 2 is 2.06 bits per heavy atom. The summed E-state index contributed by atoms with van der Waals surface area (Å²) in [7, 11) is 0. The van der Waals surface area contributed by atoms with Crippen LogP contribution in [0.4, 0.5) is 0 Å². The highest BCUT2D eigenvalue weighted by molar-refractivity contribution is 5.03. The number of nitrogens with one attached hydrogen (secondary N) is 1. The molecule has 0 unspecified atom stereocenters. The van der Waals surface area contributed by atoms with Crippen molar-refractivity contribution >= 4 is 0 Å². The maximum Gasteiger partial charge on any atom is 0.0534 e. The minimum absolute atomic E-state index is 0.761. The Labute approximate surface area is 99.2 Å². The molecule has 1 heterocycles. The molecule has 0 aromatic carbocycles. The van der Waals surface area contributed by atoms with Crippen molar-refractivity contribution in [1.82, 2.24) is 15.1 Å². The fraction of sp³-hybridized carbons (Fsp3) is 0.769. The van der Waals surface area contributed by atoms with Gasteiger partial charge in [-0.25, -0.2) is 0 Å². The zero-order chi connectivity index (χ0) is 11.8. The summed E-state index contributed by atoms with van der Waals surface area (Å²) in [5.41, 5.74) is 1.29. The molecule has 0 fully saturated rings. The third kappa shape index (κ3) is 4.35. The maximum atomic E-state index is 4.41. The molecule has 1 N–H and O–H groups in total. The summed E-state index contributed by atoms with van der Waals surface area (Å²) in [5, 5.41) is 7.80. The van der Waals surface area contributed by atoms with Crippen LogP contribution in [0.15, 0.2) is 12.4 Å². The minimum Gasteiger partial charge on any atom is -0.313 e. The SMILES string of the molecule is CCCNCc1cnn(CC(CC)CC)c1. The van der Waals surface area contributed by atoms with E-state index in [1.54, 1.807) is 0 Å². The predicted octanol–water partition coefficient (Wildman–Crippen LogP) is 2.82. The van der Waals surface area contributed by atoms with Crippen LogP contribution in [-0.2, 0) is 13.1 Å². The summed E-state index contributed by atoms with van der Waals surface area (Å²) in [6.45, 7) is 9.77. The Morgan fingerprint density at radius 1 is 1.31 bits per heavy atom. The van der Waals surface area contributed by atoms with E-state index in [0.717, 1.165) is 25.6 Å². The van der Waals surface area contributed by atoms with Gasteiger partial charge >= 0.3 is 0 Å². The highest BCUT2D eigenvalue weighted by atomic mass is 15.3. The van der Waals surface area contributed by atoms with Gasteiger partial charge in [0.25, 0.3) is 0 Å².